The van der Waals surface area contributed by atoms with Crippen LogP contribution in [0, 0.1) is 6.92 Å². The summed E-state index contributed by atoms with van der Waals surface area (Å²) < 4.78 is 32.5. The molecule has 0 spiro atoms. The van der Waals surface area contributed by atoms with Crippen LogP contribution in [0.4, 0.5) is 0 Å². The Hall–Kier alpha value is -1.56. The predicted octanol–water partition coefficient (Wildman–Crippen LogP) is 3.57. The van der Waals surface area contributed by atoms with E-state index in [1.165, 1.54) is 0 Å². The third-order valence-electron chi connectivity index (χ3n) is 3.43. The highest BCUT2D eigenvalue weighted by atomic mass is 35.5. The van der Waals surface area contributed by atoms with Crippen molar-refractivity contribution in [3.8, 4) is 5.75 Å². The number of rotatable bonds is 7. The minimum absolute atomic E-state index is 0.194. The normalized spacial score (nSPS) is 11.4. The lowest BCUT2D eigenvalue weighted by molar-refractivity contribution is 0.320. The molecular formula is C17H20ClNO3S. The molecule has 124 valence electrons. The van der Waals surface area contributed by atoms with Crippen LogP contribution < -0.4 is 9.46 Å². The molecule has 0 radical (unpaired) electrons. The van der Waals surface area contributed by atoms with Gasteiger partial charge >= 0.3 is 0 Å². The van der Waals surface area contributed by atoms with Gasteiger partial charge in [0.2, 0.25) is 10.0 Å². The van der Waals surface area contributed by atoms with E-state index < -0.39 is 10.0 Å². The highest BCUT2D eigenvalue weighted by Gasteiger charge is 2.13. The fourth-order valence-corrected chi connectivity index (χ4v) is 3.34. The first-order valence-corrected chi connectivity index (χ1v) is 9.26. The summed E-state index contributed by atoms with van der Waals surface area (Å²) in [5, 5.41) is 0.645. The van der Waals surface area contributed by atoms with Gasteiger partial charge in [-0.2, -0.15) is 0 Å². The van der Waals surface area contributed by atoms with Crippen LogP contribution in [0.3, 0.4) is 0 Å². The first-order chi connectivity index (χ1) is 10.9. The van der Waals surface area contributed by atoms with Gasteiger partial charge in [0.25, 0.3) is 0 Å². The number of hydrogen-bond donors (Lipinski definition) is 1. The van der Waals surface area contributed by atoms with Crippen molar-refractivity contribution in [2.24, 2.45) is 0 Å². The molecule has 0 unspecified atom stereocenters. The second kappa shape index (κ2) is 7.81. The van der Waals surface area contributed by atoms with E-state index in [1.807, 2.05) is 26.0 Å². The van der Waals surface area contributed by atoms with Crippen LogP contribution in [0.15, 0.2) is 47.4 Å². The van der Waals surface area contributed by atoms with Crippen LogP contribution in [0.1, 0.15) is 18.1 Å². The molecule has 0 saturated heterocycles. The SMILES string of the molecule is CCc1ccc(S(=O)(=O)NCCOc2ccc(Cl)cc2C)cc1. The van der Waals surface area contributed by atoms with E-state index in [9.17, 15) is 8.42 Å². The van der Waals surface area contributed by atoms with Gasteiger partial charge in [0.15, 0.2) is 0 Å². The van der Waals surface area contributed by atoms with Crippen molar-refractivity contribution in [1.29, 1.82) is 0 Å². The molecule has 2 rings (SSSR count). The average molecular weight is 354 g/mol. The monoisotopic (exact) mass is 353 g/mol. The van der Waals surface area contributed by atoms with Crippen LogP contribution in [0.25, 0.3) is 0 Å². The van der Waals surface area contributed by atoms with Gasteiger partial charge in [-0.1, -0.05) is 30.7 Å². The van der Waals surface area contributed by atoms with Crippen LogP contribution in [-0.4, -0.2) is 21.6 Å². The van der Waals surface area contributed by atoms with E-state index in [0.29, 0.717) is 10.8 Å². The number of halogens is 1. The van der Waals surface area contributed by atoms with Gasteiger partial charge in [0.1, 0.15) is 12.4 Å². The Morgan fingerprint density at radius 2 is 1.83 bits per heavy atom. The number of benzene rings is 2. The van der Waals surface area contributed by atoms with E-state index in [2.05, 4.69) is 4.72 Å². The first kappa shape index (κ1) is 17.8. The number of ether oxygens (including phenoxy) is 1. The summed E-state index contributed by atoms with van der Waals surface area (Å²) >= 11 is 5.88. The first-order valence-electron chi connectivity index (χ1n) is 7.40. The van der Waals surface area contributed by atoms with E-state index in [4.69, 9.17) is 16.3 Å². The van der Waals surface area contributed by atoms with Crippen molar-refractivity contribution < 1.29 is 13.2 Å². The van der Waals surface area contributed by atoms with Crippen LogP contribution in [0.5, 0.6) is 5.75 Å². The maximum atomic E-state index is 12.2. The summed E-state index contributed by atoms with van der Waals surface area (Å²) in [5.41, 5.74) is 2.01. The molecule has 0 aliphatic rings. The van der Waals surface area contributed by atoms with Crippen molar-refractivity contribution in [1.82, 2.24) is 4.72 Å². The molecule has 1 N–H and O–H groups in total. The highest BCUT2D eigenvalue weighted by Crippen LogP contribution is 2.21. The Morgan fingerprint density at radius 1 is 1.13 bits per heavy atom. The van der Waals surface area contributed by atoms with Crippen molar-refractivity contribution in [3.63, 3.8) is 0 Å². The molecule has 0 saturated carbocycles. The van der Waals surface area contributed by atoms with Gasteiger partial charge in [-0.3, -0.25) is 0 Å². The molecule has 0 bridgehead atoms. The lowest BCUT2D eigenvalue weighted by Gasteiger charge is -2.11. The van der Waals surface area contributed by atoms with Crippen LogP contribution in [-0.2, 0) is 16.4 Å². The molecule has 2 aromatic rings. The van der Waals surface area contributed by atoms with Crippen LogP contribution in [0.2, 0.25) is 5.02 Å². The lowest BCUT2D eigenvalue weighted by atomic mass is 10.2. The Balaban J connectivity index is 1.89. The van der Waals surface area contributed by atoms with Gasteiger partial charge in [-0.05, 0) is 54.8 Å². The molecule has 0 atom stereocenters. The lowest BCUT2D eigenvalue weighted by Crippen LogP contribution is -2.28. The third-order valence-corrected chi connectivity index (χ3v) is 5.14. The summed E-state index contributed by atoms with van der Waals surface area (Å²) in [7, 11) is -3.51. The number of nitrogens with one attached hydrogen (secondary N) is 1. The Morgan fingerprint density at radius 3 is 2.43 bits per heavy atom. The second-order valence-electron chi connectivity index (χ2n) is 5.15. The number of aryl methyl sites for hydroxylation is 2. The molecule has 0 aliphatic heterocycles. The molecule has 0 aromatic heterocycles. The molecule has 0 amide bonds. The predicted molar refractivity (Wildman–Crippen MR) is 92.7 cm³/mol. The minimum atomic E-state index is -3.51. The van der Waals surface area contributed by atoms with Crippen molar-refractivity contribution in [2.45, 2.75) is 25.2 Å². The second-order valence-corrected chi connectivity index (χ2v) is 7.36. The zero-order valence-electron chi connectivity index (χ0n) is 13.2. The summed E-state index contributed by atoms with van der Waals surface area (Å²) in [4.78, 5) is 0.261. The van der Waals surface area contributed by atoms with Crippen LogP contribution >= 0.6 is 11.6 Å². The highest BCUT2D eigenvalue weighted by molar-refractivity contribution is 7.89. The Kier molecular flexibility index (Phi) is 6.04. The van der Waals surface area contributed by atoms with Gasteiger partial charge in [-0.15, -0.1) is 0 Å². The summed E-state index contributed by atoms with van der Waals surface area (Å²) in [5.74, 6) is 0.695. The minimum Gasteiger partial charge on any atom is -0.492 e. The summed E-state index contributed by atoms with van der Waals surface area (Å²) in [6, 6.07) is 12.2. The maximum absolute atomic E-state index is 12.2. The van der Waals surface area contributed by atoms with Gasteiger partial charge in [0.05, 0.1) is 4.90 Å². The third kappa shape index (κ3) is 4.96. The van der Waals surface area contributed by atoms with Gasteiger partial charge in [-0.25, -0.2) is 13.1 Å². The molecule has 23 heavy (non-hydrogen) atoms. The summed E-state index contributed by atoms with van der Waals surface area (Å²) in [6.07, 6.45) is 0.877. The fourth-order valence-electron chi connectivity index (χ4n) is 2.10. The van der Waals surface area contributed by atoms with Crippen molar-refractivity contribution in [3.05, 3.63) is 58.6 Å². The standard InChI is InChI=1S/C17H20ClNO3S/c1-3-14-4-7-16(8-5-14)23(20,21)19-10-11-22-17-9-6-15(18)12-13(17)2/h4-9,12,19H,3,10-11H2,1-2H3. The quantitative estimate of drug-likeness (QED) is 0.774. The molecule has 0 aliphatic carbocycles. The van der Waals surface area contributed by atoms with E-state index in [0.717, 1.165) is 17.5 Å². The Labute approximate surface area is 142 Å². The molecule has 0 heterocycles. The van der Waals surface area contributed by atoms with E-state index >= 15 is 0 Å². The average Bonchev–Trinajstić information content (AvgIpc) is 2.53. The topological polar surface area (TPSA) is 55.4 Å². The summed E-state index contributed by atoms with van der Waals surface area (Å²) in [6.45, 7) is 4.35. The van der Waals surface area contributed by atoms with Gasteiger partial charge < -0.3 is 4.74 Å². The molecule has 4 nitrogen and oxygen atoms in total. The van der Waals surface area contributed by atoms with Crippen molar-refractivity contribution >= 4 is 21.6 Å². The zero-order valence-corrected chi connectivity index (χ0v) is 14.7. The fraction of sp³-hybridized carbons (Fsp3) is 0.294. The number of sulfonamides is 1. The van der Waals surface area contributed by atoms with Crippen molar-refractivity contribution in [2.75, 3.05) is 13.2 Å². The van der Waals surface area contributed by atoms with Gasteiger partial charge in [0, 0.05) is 11.6 Å². The van der Waals surface area contributed by atoms with E-state index in [-0.39, 0.29) is 18.0 Å². The largest absolute Gasteiger partial charge is 0.492 e. The molecule has 6 heteroatoms. The Bertz CT molecular complexity index is 758. The molecule has 2 aromatic carbocycles. The molecule has 0 fully saturated rings. The van der Waals surface area contributed by atoms with E-state index in [1.54, 1.807) is 30.3 Å². The number of hydrogen-bond acceptors (Lipinski definition) is 3. The zero-order chi connectivity index (χ0) is 16.9. The maximum Gasteiger partial charge on any atom is 0.240 e. The smallest absolute Gasteiger partial charge is 0.240 e. The molecular weight excluding hydrogens is 334 g/mol.